The normalized spacial score (nSPS) is 18.5. The first-order valence-corrected chi connectivity index (χ1v) is 9.79. The van der Waals surface area contributed by atoms with Gasteiger partial charge in [-0.15, -0.1) is 0 Å². The van der Waals surface area contributed by atoms with Crippen LogP contribution in [0.5, 0.6) is 5.75 Å². The van der Waals surface area contributed by atoms with Gasteiger partial charge in [0, 0.05) is 31.6 Å². The Morgan fingerprint density at radius 1 is 1.36 bits per heavy atom. The van der Waals surface area contributed by atoms with Gasteiger partial charge >= 0.3 is 0 Å². The molecule has 0 spiro atoms. The third-order valence-corrected chi connectivity index (χ3v) is 5.78. The maximum Gasteiger partial charge on any atom is 0.191 e. The van der Waals surface area contributed by atoms with Gasteiger partial charge in [0.2, 0.25) is 0 Å². The second-order valence-corrected chi connectivity index (χ2v) is 7.44. The smallest absolute Gasteiger partial charge is 0.191 e. The molecule has 1 fully saturated rings. The van der Waals surface area contributed by atoms with Crippen LogP contribution in [0.4, 0.5) is 4.39 Å². The van der Waals surface area contributed by atoms with Crippen molar-refractivity contribution < 1.29 is 13.9 Å². The van der Waals surface area contributed by atoms with Crippen LogP contribution >= 0.6 is 11.8 Å². The van der Waals surface area contributed by atoms with Gasteiger partial charge in [-0.2, -0.15) is 11.8 Å². The minimum atomic E-state index is -0.349. The summed E-state index contributed by atoms with van der Waals surface area (Å²) in [6, 6.07) is 6.43. The van der Waals surface area contributed by atoms with Crippen LogP contribution in [0, 0.1) is 5.82 Å². The molecule has 5 nitrogen and oxygen atoms in total. The zero-order chi connectivity index (χ0) is 18.1. The molecule has 0 saturated carbocycles. The molecule has 2 rings (SSSR count). The van der Waals surface area contributed by atoms with Gasteiger partial charge in [-0.05, 0) is 38.2 Å². The van der Waals surface area contributed by atoms with Crippen molar-refractivity contribution in [3.63, 3.8) is 0 Å². The van der Waals surface area contributed by atoms with E-state index in [1.807, 2.05) is 18.7 Å². The van der Waals surface area contributed by atoms with Crippen LogP contribution in [-0.2, 0) is 4.74 Å². The molecule has 2 N–H and O–H groups in total. The summed E-state index contributed by atoms with van der Waals surface area (Å²) in [6.45, 7) is 4.88. The Kier molecular flexibility index (Phi) is 7.84. The van der Waals surface area contributed by atoms with Gasteiger partial charge in [0.1, 0.15) is 6.10 Å². The molecule has 1 aliphatic heterocycles. The van der Waals surface area contributed by atoms with E-state index >= 15 is 0 Å². The molecule has 1 saturated heterocycles. The zero-order valence-corrected chi connectivity index (χ0v) is 16.0. The Hall–Kier alpha value is -1.47. The Morgan fingerprint density at radius 3 is 2.72 bits per heavy atom. The highest BCUT2D eigenvalue weighted by molar-refractivity contribution is 8.00. The van der Waals surface area contributed by atoms with Crippen LogP contribution in [0.15, 0.2) is 29.3 Å². The quantitative estimate of drug-likeness (QED) is 0.572. The second-order valence-electron chi connectivity index (χ2n) is 6.17. The van der Waals surface area contributed by atoms with Gasteiger partial charge in [0.25, 0.3) is 0 Å². The molecule has 0 amide bonds. The number of guanidine groups is 1. The van der Waals surface area contributed by atoms with Gasteiger partial charge in [-0.3, -0.25) is 4.99 Å². The van der Waals surface area contributed by atoms with Gasteiger partial charge in [-0.25, -0.2) is 4.39 Å². The molecule has 7 heteroatoms. The topological polar surface area (TPSA) is 54.9 Å². The van der Waals surface area contributed by atoms with Gasteiger partial charge in [0.15, 0.2) is 17.5 Å². The zero-order valence-electron chi connectivity index (χ0n) is 15.2. The van der Waals surface area contributed by atoms with Crippen molar-refractivity contribution in [2.75, 3.05) is 39.6 Å². The summed E-state index contributed by atoms with van der Waals surface area (Å²) >= 11 is 1.88. The van der Waals surface area contributed by atoms with E-state index in [4.69, 9.17) is 9.47 Å². The number of rotatable bonds is 7. The van der Waals surface area contributed by atoms with Crippen molar-refractivity contribution in [3.05, 3.63) is 30.1 Å². The number of halogens is 1. The molecule has 1 aromatic rings. The number of benzene rings is 1. The lowest BCUT2D eigenvalue weighted by atomic mass is 9.99. The molecule has 0 bridgehead atoms. The molecular weight excluding hydrogens is 341 g/mol. The highest BCUT2D eigenvalue weighted by Crippen LogP contribution is 2.32. The SMILES string of the molecule is CN=C(NCC(C)Oc1ccccc1F)NCC1(SC)CCOCC1. The van der Waals surface area contributed by atoms with E-state index < -0.39 is 0 Å². The Bertz CT molecular complexity index is 565. The first kappa shape index (κ1) is 19.8. The summed E-state index contributed by atoms with van der Waals surface area (Å²) in [5, 5.41) is 6.64. The number of nitrogens with zero attached hydrogens (tertiary/aromatic N) is 1. The third-order valence-electron chi connectivity index (χ3n) is 4.36. The monoisotopic (exact) mass is 369 g/mol. The lowest BCUT2D eigenvalue weighted by Gasteiger charge is -2.36. The van der Waals surface area contributed by atoms with Crippen LogP contribution in [0.2, 0.25) is 0 Å². The van der Waals surface area contributed by atoms with Gasteiger partial charge < -0.3 is 20.1 Å². The van der Waals surface area contributed by atoms with Crippen molar-refractivity contribution in [1.82, 2.24) is 10.6 Å². The van der Waals surface area contributed by atoms with E-state index in [9.17, 15) is 4.39 Å². The number of para-hydroxylation sites is 1. The molecule has 1 unspecified atom stereocenters. The summed E-state index contributed by atoms with van der Waals surface area (Å²) in [5.41, 5.74) is 0. The van der Waals surface area contributed by atoms with E-state index in [2.05, 4.69) is 21.9 Å². The largest absolute Gasteiger partial charge is 0.486 e. The van der Waals surface area contributed by atoms with E-state index in [1.54, 1.807) is 25.2 Å². The molecule has 1 aromatic carbocycles. The second kappa shape index (κ2) is 9.87. The number of ether oxygens (including phenoxy) is 2. The third kappa shape index (κ3) is 6.08. The molecular formula is C18H28FN3O2S. The van der Waals surface area contributed by atoms with E-state index in [0.29, 0.717) is 6.54 Å². The summed E-state index contributed by atoms with van der Waals surface area (Å²) < 4.78 is 24.9. The molecule has 0 aliphatic carbocycles. The van der Waals surface area contributed by atoms with E-state index in [1.165, 1.54) is 6.07 Å². The predicted octanol–water partition coefficient (Wildman–Crippen LogP) is 2.67. The summed E-state index contributed by atoms with van der Waals surface area (Å²) in [6.07, 6.45) is 4.02. The lowest BCUT2D eigenvalue weighted by molar-refractivity contribution is 0.0782. The maximum absolute atomic E-state index is 13.6. The van der Waals surface area contributed by atoms with Crippen molar-refractivity contribution in [2.45, 2.75) is 30.6 Å². The molecule has 1 heterocycles. The Morgan fingerprint density at radius 2 is 2.08 bits per heavy atom. The number of hydrogen-bond donors (Lipinski definition) is 2. The Labute approximate surface area is 153 Å². The lowest BCUT2D eigenvalue weighted by Crippen LogP contribution is -2.49. The van der Waals surface area contributed by atoms with Crippen molar-refractivity contribution in [2.24, 2.45) is 4.99 Å². The first-order valence-electron chi connectivity index (χ1n) is 8.57. The van der Waals surface area contributed by atoms with E-state index in [0.717, 1.165) is 38.6 Å². The van der Waals surface area contributed by atoms with Crippen LogP contribution in [0.25, 0.3) is 0 Å². The van der Waals surface area contributed by atoms with Crippen LogP contribution in [0.1, 0.15) is 19.8 Å². The van der Waals surface area contributed by atoms with Crippen LogP contribution in [-0.4, -0.2) is 56.4 Å². The standard InChI is InChI=1S/C18H28FN3O2S/c1-14(24-16-7-5-4-6-15(16)19)12-21-17(20-2)22-13-18(25-3)8-10-23-11-9-18/h4-7,14H,8-13H2,1-3H3,(H2,20,21,22). The average molecular weight is 370 g/mol. The van der Waals surface area contributed by atoms with Crippen LogP contribution in [0.3, 0.4) is 0 Å². The number of thioether (sulfide) groups is 1. The molecule has 25 heavy (non-hydrogen) atoms. The number of nitrogens with one attached hydrogen (secondary N) is 2. The van der Waals surface area contributed by atoms with Crippen molar-refractivity contribution in [1.29, 1.82) is 0 Å². The predicted molar refractivity (Wildman–Crippen MR) is 102 cm³/mol. The van der Waals surface area contributed by atoms with Crippen molar-refractivity contribution in [3.8, 4) is 5.75 Å². The van der Waals surface area contributed by atoms with Crippen molar-refractivity contribution >= 4 is 17.7 Å². The Balaban J connectivity index is 1.78. The minimum Gasteiger partial charge on any atom is -0.486 e. The fourth-order valence-corrected chi connectivity index (χ4v) is 3.49. The van der Waals surface area contributed by atoms with Gasteiger partial charge in [-0.1, -0.05) is 12.1 Å². The number of hydrogen-bond acceptors (Lipinski definition) is 4. The highest BCUT2D eigenvalue weighted by atomic mass is 32.2. The maximum atomic E-state index is 13.6. The van der Waals surface area contributed by atoms with Gasteiger partial charge in [0.05, 0.1) is 6.54 Å². The summed E-state index contributed by atoms with van der Waals surface area (Å²) in [5.74, 6) is 0.644. The molecule has 0 aromatic heterocycles. The summed E-state index contributed by atoms with van der Waals surface area (Å²) in [4.78, 5) is 4.26. The molecule has 1 atom stereocenters. The first-order chi connectivity index (χ1) is 12.1. The highest BCUT2D eigenvalue weighted by Gasteiger charge is 2.31. The molecule has 140 valence electrons. The fraction of sp³-hybridized carbons (Fsp3) is 0.611. The molecule has 1 aliphatic rings. The fourth-order valence-electron chi connectivity index (χ4n) is 2.70. The number of aliphatic imine (C=N–C) groups is 1. The summed E-state index contributed by atoms with van der Waals surface area (Å²) in [7, 11) is 1.74. The molecule has 0 radical (unpaired) electrons. The van der Waals surface area contributed by atoms with E-state index in [-0.39, 0.29) is 22.4 Å². The average Bonchev–Trinajstić information content (AvgIpc) is 2.64. The van der Waals surface area contributed by atoms with Crippen LogP contribution < -0.4 is 15.4 Å². The minimum absolute atomic E-state index is 0.186.